The Hall–Kier alpha value is -3.68. The third-order valence-electron chi connectivity index (χ3n) is 4.39. The highest BCUT2D eigenvalue weighted by atomic mass is 16.6. The summed E-state index contributed by atoms with van der Waals surface area (Å²) in [5.41, 5.74) is 3.23. The minimum absolute atomic E-state index is 0.0287. The lowest BCUT2D eigenvalue weighted by Crippen LogP contribution is -2.23. The molecule has 1 saturated heterocycles. The third-order valence-corrected chi connectivity index (χ3v) is 4.39. The van der Waals surface area contributed by atoms with Crippen molar-refractivity contribution in [3.63, 3.8) is 0 Å². The lowest BCUT2D eigenvalue weighted by Gasteiger charge is -2.13. The van der Waals surface area contributed by atoms with E-state index in [1.807, 2.05) is 31.2 Å². The smallest absolute Gasteiger partial charge is 0.414 e. The fraction of sp³-hybridized carbons (Fsp3) is 0.200. The molecule has 2 aromatic carbocycles. The molecule has 1 aromatic heterocycles. The molecule has 2 heterocycles. The molecule has 0 aliphatic carbocycles. The molecule has 142 valence electrons. The molecule has 0 atom stereocenters. The maximum Gasteiger partial charge on any atom is 0.414 e. The van der Waals surface area contributed by atoms with Gasteiger partial charge in [0.25, 0.3) is 0 Å². The van der Waals surface area contributed by atoms with Crippen LogP contribution in [0.1, 0.15) is 11.5 Å². The number of carbonyl (C=O) groups is 2. The standard InChI is InChI=1S/C20H18N4O4/c1-13-4-2-3-5-16(13)19-22-18(28-23-19)12-17(25)21-14-6-8-15(9-7-14)24-10-11-27-20(24)26/h2-9H,10-12H2,1H3,(H,21,25). The van der Waals surface area contributed by atoms with Crippen LogP contribution in [0.2, 0.25) is 0 Å². The van der Waals surface area contributed by atoms with Gasteiger partial charge in [0.2, 0.25) is 17.6 Å². The number of nitrogens with one attached hydrogen (secondary N) is 1. The van der Waals surface area contributed by atoms with Crippen molar-refractivity contribution in [3.8, 4) is 11.4 Å². The number of amides is 2. The van der Waals surface area contributed by atoms with Crippen molar-refractivity contribution in [1.29, 1.82) is 0 Å². The lowest BCUT2D eigenvalue weighted by atomic mass is 10.1. The van der Waals surface area contributed by atoms with E-state index in [2.05, 4.69) is 15.5 Å². The number of cyclic esters (lactones) is 1. The van der Waals surface area contributed by atoms with Gasteiger partial charge in [0.1, 0.15) is 13.0 Å². The second kappa shape index (κ2) is 7.51. The molecule has 0 spiro atoms. The Bertz CT molecular complexity index is 1010. The van der Waals surface area contributed by atoms with E-state index in [9.17, 15) is 9.59 Å². The van der Waals surface area contributed by atoms with Crippen LogP contribution in [0.25, 0.3) is 11.4 Å². The molecule has 0 unspecified atom stereocenters. The third kappa shape index (κ3) is 3.71. The van der Waals surface area contributed by atoms with Crippen LogP contribution in [0.4, 0.5) is 16.2 Å². The number of aromatic nitrogens is 2. The average Bonchev–Trinajstić information content (AvgIpc) is 3.32. The molecule has 8 heteroatoms. The number of hydrogen-bond acceptors (Lipinski definition) is 6. The predicted octanol–water partition coefficient (Wildman–Crippen LogP) is 3.18. The molecule has 1 fully saturated rings. The molecule has 0 radical (unpaired) electrons. The topological polar surface area (TPSA) is 97.6 Å². The number of ether oxygens (including phenoxy) is 1. The Labute approximate surface area is 161 Å². The van der Waals surface area contributed by atoms with Gasteiger partial charge in [-0.05, 0) is 36.8 Å². The number of carbonyl (C=O) groups excluding carboxylic acids is 2. The van der Waals surface area contributed by atoms with E-state index < -0.39 is 0 Å². The predicted molar refractivity (Wildman–Crippen MR) is 102 cm³/mol. The zero-order chi connectivity index (χ0) is 19.5. The minimum atomic E-state index is -0.363. The summed E-state index contributed by atoms with van der Waals surface area (Å²) in [5, 5.41) is 6.73. The van der Waals surface area contributed by atoms with Crippen LogP contribution in [-0.2, 0) is 16.0 Å². The number of nitrogens with zero attached hydrogens (tertiary/aromatic N) is 3. The molecule has 1 aliphatic rings. The van der Waals surface area contributed by atoms with E-state index in [0.717, 1.165) is 16.8 Å². The highest BCUT2D eigenvalue weighted by Gasteiger charge is 2.23. The van der Waals surface area contributed by atoms with Gasteiger partial charge >= 0.3 is 6.09 Å². The van der Waals surface area contributed by atoms with Crippen LogP contribution in [-0.4, -0.2) is 35.3 Å². The van der Waals surface area contributed by atoms with Gasteiger partial charge in [-0.3, -0.25) is 9.69 Å². The zero-order valence-electron chi connectivity index (χ0n) is 15.2. The van der Waals surface area contributed by atoms with Gasteiger partial charge in [0.05, 0.1) is 6.54 Å². The number of anilines is 2. The van der Waals surface area contributed by atoms with Crippen molar-refractivity contribution < 1.29 is 18.8 Å². The fourth-order valence-electron chi connectivity index (χ4n) is 2.96. The first kappa shape index (κ1) is 17.7. The monoisotopic (exact) mass is 378 g/mol. The number of benzene rings is 2. The number of hydrogen-bond donors (Lipinski definition) is 1. The average molecular weight is 378 g/mol. The van der Waals surface area contributed by atoms with Gasteiger partial charge in [-0.15, -0.1) is 0 Å². The number of aryl methyl sites for hydroxylation is 1. The molecule has 0 saturated carbocycles. The highest BCUT2D eigenvalue weighted by Crippen LogP contribution is 2.22. The molecule has 2 amide bonds. The van der Waals surface area contributed by atoms with Crippen LogP contribution < -0.4 is 10.2 Å². The quantitative estimate of drug-likeness (QED) is 0.732. The van der Waals surface area contributed by atoms with Gasteiger partial charge in [0, 0.05) is 16.9 Å². The summed E-state index contributed by atoms with van der Waals surface area (Å²) >= 11 is 0. The fourth-order valence-corrected chi connectivity index (χ4v) is 2.96. The Morgan fingerprint density at radius 2 is 1.96 bits per heavy atom. The number of rotatable bonds is 5. The zero-order valence-corrected chi connectivity index (χ0v) is 15.2. The van der Waals surface area contributed by atoms with E-state index in [1.54, 1.807) is 24.3 Å². The van der Waals surface area contributed by atoms with Crippen LogP contribution in [0.15, 0.2) is 53.1 Å². The van der Waals surface area contributed by atoms with Crippen molar-refractivity contribution in [3.05, 3.63) is 60.0 Å². The molecular formula is C20H18N4O4. The van der Waals surface area contributed by atoms with Crippen molar-refractivity contribution in [2.24, 2.45) is 0 Å². The van der Waals surface area contributed by atoms with E-state index in [-0.39, 0.29) is 24.3 Å². The van der Waals surface area contributed by atoms with Crippen LogP contribution in [0.3, 0.4) is 0 Å². The Morgan fingerprint density at radius 1 is 1.18 bits per heavy atom. The van der Waals surface area contributed by atoms with E-state index >= 15 is 0 Å². The van der Waals surface area contributed by atoms with Crippen molar-refractivity contribution in [2.45, 2.75) is 13.3 Å². The Morgan fingerprint density at radius 3 is 2.68 bits per heavy atom. The molecular weight excluding hydrogens is 360 g/mol. The summed E-state index contributed by atoms with van der Waals surface area (Å²) in [5.74, 6) is 0.434. The van der Waals surface area contributed by atoms with E-state index in [1.165, 1.54) is 4.90 Å². The molecule has 4 rings (SSSR count). The van der Waals surface area contributed by atoms with E-state index in [0.29, 0.717) is 24.7 Å². The minimum Gasteiger partial charge on any atom is -0.447 e. The van der Waals surface area contributed by atoms with Gasteiger partial charge in [-0.1, -0.05) is 29.4 Å². The summed E-state index contributed by atoms with van der Waals surface area (Å²) < 4.78 is 10.1. The second-order valence-electron chi connectivity index (χ2n) is 6.36. The van der Waals surface area contributed by atoms with Crippen molar-refractivity contribution >= 4 is 23.4 Å². The summed E-state index contributed by atoms with van der Waals surface area (Å²) in [6, 6.07) is 14.7. The van der Waals surface area contributed by atoms with Gasteiger partial charge in [-0.25, -0.2) is 4.79 Å². The highest BCUT2D eigenvalue weighted by molar-refractivity contribution is 5.93. The van der Waals surface area contributed by atoms with Crippen LogP contribution >= 0.6 is 0 Å². The van der Waals surface area contributed by atoms with E-state index in [4.69, 9.17) is 9.26 Å². The first-order valence-electron chi connectivity index (χ1n) is 8.83. The molecule has 3 aromatic rings. The second-order valence-corrected chi connectivity index (χ2v) is 6.36. The first-order valence-corrected chi connectivity index (χ1v) is 8.83. The summed E-state index contributed by atoms with van der Waals surface area (Å²) in [6.45, 7) is 2.86. The van der Waals surface area contributed by atoms with Crippen molar-refractivity contribution in [2.75, 3.05) is 23.4 Å². The molecule has 1 aliphatic heterocycles. The summed E-state index contributed by atoms with van der Waals surface area (Å²) in [6.07, 6.45) is -0.392. The summed E-state index contributed by atoms with van der Waals surface area (Å²) in [7, 11) is 0. The molecule has 0 bridgehead atoms. The maximum absolute atomic E-state index is 12.3. The van der Waals surface area contributed by atoms with Gasteiger partial charge < -0.3 is 14.6 Å². The SMILES string of the molecule is Cc1ccccc1-c1noc(CC(=O)Nc2ccc(N3CCOC3=O)cc2)n1. The molecule has 28 heavy (non-hydrogen) atoms. The first-order chi connectivity index (χ1) is 13.6. The normalized spacial score (nSPS) is 13.5. The van der Waals surface area contributed by atoms with Crippen LogP contribution in [0.5, 0.6) is 0 Å². The maximum atomic E-state index is 12.3. The van der Waals surface area contributed by atoms with Gasteiger partial charge in [0.15, 0.2) is 0 Å². The summed E-state index contributed by atoms with van der Waals surface area (Å²) in [4.78, 5) is 29.7. The van der Waals surface area contributed by atoms with Crippen molar-refractivity contribution in [1.82, 2.24) is 10.1 Å². The largest absolute Gasteiger partial charge is 0.447 e. The van der Waals surface area contributed by atoms with Crippen LogP contribution in [0, 0.1) is 6.92 Å². The molecule has 8 nitrogen and oxygen atoms in total. The Balaban J connectivity index is 1.38. The molecule has 1 N–H and O–H groups in total. The Kier molecular flexibility index (Phi) is 4.76. The van der Waals surface area contributed by atoms with Gasteiger partial charge in [-0.2, -0.15) is 4.98 Å². The lowest BCUT2D eigenvalue weighted by molar-refractivity contribution is -0.115.